The minimum absolute atomic E-state index is 0.363. The highest BCUT2D eigenvalue weighted by Crippen LogP contribution is 2.62. The van der Waals surface area contributed by atoms with Crippen LogP contribution in [0, 0.1) is 0 Å². The van der Waals surface area contributed by atoms with Gasteiger partial charge in [0.1, 0.15) is 0 Å². The second-order valence-electron chi connectivity index (χ2n) is 8.33. The third-order valence-electron chi connectivity index (χ3n) is 5.78. The smallest absolute Gasteiger partial charge is 0.419 e. The molecular weight excluding hydrogens is 686 g/mol. The quantitative estimate of drug-likeness (QED) is 0.301. The molecule has 0 saturated carbocycles. The Morgan fingerprint density at radius 1 is 0.467 bits per heavy atom. The van der Waals surface area contributed by atoms with Crippen molar-refractivity contribution in [3.63, 3.8) is 0 Å². The normalized spacial score (nSPS) is 14.3. The monoisotopic (exact) mass is 698 g/mol. The molecule has 2 aromatic rings. The van der Waals surface area contributed by atoms with E-state index in [1.807, 2.05) is 0 Å². The van der Waals surface area contributed by atoms with Gasteiger partial charge in [-0.15, -0.1) is 0 Å². The summed E-state index contributed by atoms with van der Waals surface area (Å²) >= 11 is 0. The van der Waals surface area contributed by atoms with Gasteiger partial charge in [-0.1, -0.05) is 0 Å². The molecule has 0 unspecified atom stereocenters. The summed E-state index contributed by atoms with van der Waals surface area (Å²) in [5, 5.41) is 1.36. The maximum Gasteiger partial charge on any atom is 0.419 e. The van der Waals surface area contributed by atoms with Crippen molar-refractivity contribution in [2.75, 3.05) is 26.6 Å². The van der Waals surface area contributed by atoms with Crippen molar-refractivity contribution in [2.45, 2.75) is 47.9 Å². The summed E-state index contributed by atoms with van der Waals surface area (Å²) in [6.07, 6.45) is -46.8. The fourth-order valence-corrected chi connectivity index (χ4v) is 3.77. The number of halogens is 18. The van der Waals surface area contributed by atoms with Gasteiger partial charge in [-0.05, 0) is 0 Å². The van der Waals surface area contributed by atoms with E-state index in [0.717, 1.165) is 21.3 Å². The van der Waals surface area contributed by atoms with E-state index < -0.39 is 82.7 Å². The van der Waals surface area contributed by atoms with Crippen molar-refractivity contribution in [3.05, 3.63) is 23.8 Å². The molecule has 1 aromatic heterocycles. The van der Waals surface area contributed by atoms with E-state index in [0.29, 0.717) is 12.1 Å². The Morgan fingerprint density at radius 2 is 0.756 bits per heavy atom. The summed E-state index contributed by atoms with van der Waals surface area (Å²) in [5.41, 5.74) is -16.1. The fraction of sp³-hybridized carbons (Fsp3) is 0.550. The molecule has 1 N–H and O–H groups in total. The summed E-state index contributed by atoms with van der Waals surface area (Å²) in [5.74, 6) is -12.1. The Kier molecular flexibility index (Phi) is 9.30. The number of anilines is 2. The Hall–Kier alpha value is -3.83. The van der Waals surface area contributed by atoms with Gasteiger partial charge in [-0.3, -0.25) is 0 Å². The lowest BCUT2D eigenvalue weighted by molar-refractivity contribution is -0.391. The lowest BCUT2D eigenvalue weighted by atomic mass is 9.82. The standard InChI is InChI=1S/C20H12F18N4O3/c1-43-7-4-6(5-8(44-2)9(7)45-3)39-12-41-10(13(15(21,22)23,16(24,25)26)17(27,28)29)40-11(42-12)14(18(30,31)32,19(33,34)35)20(36,37)38/h4-5H,1-3H3,(H,39,40,41,42). The van der Waals surface area contributed by atoms with Gasteiger partial charge in [0.05, 0.1) is 21.3 Å². The van der Waals surface area contributed by atoms with Gasteiger partial charge in [0, 0.05) is 17.8 Å². The number of rotatable bonds is 7. The van der Waals surface area contributed by atoms with Gasteiger partial charge < -0.3 is 19.5 Å². The SMILES string of the molecule is COc1cc(Nc2nc(C(C(F)(F)F)(C(F)(F)F)C(F)(F)F)nc(C(C(F)(F)F)(C(F)(F)F)C(F)(F)F)n2)cc(OC)c1OC. The van der Waals surface area contributed by atoms with Crippen LogP contribution in [0.1, 0.15) is 11.6 Å². The molecule has 1 heterocycles. The zero-order chi connectivity index (χ0) is 35.4. The lowest BCUT2D eigenvalue weighted by Crippen LogP contribution is -2.66. The first-order chi connectivity index (χ1) is 20.0. The summed E-state index contributed by atoms with van der Waals surface area (Å²) in [4.78, 5) is 5.57. The van der Waals surface area contributed by atoms with E-state index in [1.165, 1.54) is 10.3 Å². The number of ether oxygens (including phenoxy) is 3. The molecule has 0 aliphatic carbocycles. The van der Waals surface area contributed by atoms with Crippen LogP contribution < -0.4 is 19.5 Å². The molecular formula is C20H12F18N4O3. The summed E-state index contributed by atoms with van der Waals surface area (Å²) < 4.78 is 262. The number of alkyl halides is 18. The minimum Gasteiger partial charge on any atom is -0.493 e. The first-order valence-electron chi connectivity index (χ1n) is 10.7. The number of methoxy groups -OCH3 is 3. The zero-order valence-corrected chi connectivity index (χ0v) is 21.5. The highest BCUT2D eigenvalue weighted by atomic mass is 19.4. The van der Waals surface area contributed by atoms with Gasteiger partial charge in [0.15, 0.2) is 23.1 Å². The van der Waals surface area contributed by atoms with Crippen LogP contribution in [-0.2, 0) is 10.8 Å². The molecule has 256 valence electrons. The first kappa shape index (κ1) is 37.4. The Labute approximate surface area is 236 Å². The van der Waals surface area contributed by atoms with Gasteiger partial charge in [-0.2, -0.15) is 89.0 Å². The van der Waals surface area contributed by atoms with Crippen LogP contribution in [0.15, 0.2) is 12.1 Å². The van der Waals surface area contributed by atoms with Gasteiger partial charge >= 0.3 is 47.9 Å². The highest BCUT2D eigenvalue weighted by molar-refractivity contribution is 5.65. The molecule has 0 radical (unpaired) electrons. The largest absolute Gasteiger partial charge is 0.493 e. The summed E-state index contributed by atoms with van der Waals surface area (Å²) in [6, 6.07) is 1.11. The highest BCUT2D eigenvalue weighted by Gasteiger charge is 2.89. The summed E-state index contributed by atoms with van der Waals surface area (Å²) in [7, 11) is 2.71. The molecule has 0 spiro atoms. The summed E-state index contributed by atoms with van der Waals surface area (Å²) in [6.45, 7) is 0. The second kappa shape index (κ2) is 11.2. The van der Waals surface area contributed by atoms with Crippen molar-refractivity contribution in [1.29, 1.82) is 0 Å². The van der Waals surface area contributed by atoms with Crippen LogP contribution in [0.3, 0.4) is 0 Å². The molecule has 45 heavy (non-hydrogen) atoms. The maximum atomic E-state index is 13.7. The van der Waals surface area contributed by atoms with Crippen LogP contribution >= 0.6 is 0 Å². The maximum absolute atomic E-state index is 13.7. The van der Waals surface area contributed by atoms with E-state index >= 15 is 0 Å². The van der Waals surface area contributed by atoms with E-state index in [2.05, 4.69) is 9.97 Å². The van der Waals surface area contributed by atoms with Gasteiger partial charge in [-0.25, -0.2) is 4.98 Å². The van der Waals surface area contributed by atoms with Gasteiger partial charge in [0.25, 0.3) is 0 Å². The van der Waals surface area contributed by atoms with Crippen LogP contribution in [0.5, 0.6) is 17.2 Å². The molecule has 0 amide bonds. The third-order valence-corrected chi connectivity index (χ3v) is 5.78. The first-order valence-corrected chi connectivity index (χ1v) is 10.7. The van der Waals surface area contributed by atoms with Crippen molar-refractivity contribution >= 4 is 11.6 Å². The Bertz CT molecular complexity index is 1210. The van der Waals surface area contributed by atoms with Crippen LogP contribution in [0.2, 0.25) is 0 Å². The van der Waals surface area contributed by atoms with E-state index in [9.17, 15) is 79.0 Å². The Balaban J connectivity index is 3.31. The predicted molar refractivity (Wildman–Crippen MR) is 109 cm³/mol. The van der Waals surface area contributed by atoms with Gasteiger partial charge in [0.2, 0.25) is 11.7 Å². The molecule has 0 atom stereocenters. The number of aromatic nitrogens is 3. The molecule has 0 aliphatic heterocycles. The molecule has 2 rings (SSSR count). The molecule has 1 aromatic carbocycles. The number of nitrogens with zero attached hydrogens (tertiary/aromatic N) is 3. The molecule has 0 aliphatic rings. The Morgan fingerprint density at radius 3 is 0.978 bits per heavy atom. The average molecular weight is 698 g/mol. The fourth-order valence-electron chi connectivity index (χ4n) is 3.77. The van der Waals surface area contributed by atoms with Crippen molar-refractivity contribution in [3.8, 4) is 17.2 Å². The van der Waals surface area contributed by atoms with Crippen molar-refractivity contribution in [2.24, 2.45) is 0 Å². The van der Waals surface area contributed by atoms with Crippen molar-refractivity contribution < 1.29 is 93.2 Å². The second-order valence-corrected chi connectivity index (χ2v) is 8.33. The third kappa shape index (κ3) is 5.83. The van der Waals surface area contributed by atoms with E-state index in [1.54, 1.807) is 0 Å². The van der Waals surface area contributed by atoms with Crippen LogP contribution in [0.4, 0.5) is 90.7 Å². The van der Waals surface area contributed by atoms with E-state index in [4.69, 9.17) is 14.2 Å². The molecule has 25 heteroatoms. The lowest BCUT2D eigenvalue weighted by Gasteiger charge is -2.39. The van der Waals surface area contributed by atoms with E-state index in [-0.39, 0.29) is 5.75 Å². The number of hydrogen-bond donors (Lipinski definition) is 1. The minimum atomic E-state index is -7.80. The number of nitrogens with one attached hydrogen (secondary N) is 1. The molecule has 0 bridgehead atoms. The molecule has 7 nitrogen and oxygen atoms in total. The van der Waals surface area contributed by atoms with Crippen molar-refractivity contribution in [1.82, 2.24) is 15.0 Å². The number of hydrogen-bond acceptors (Lipinski definition) is 7. The predicted octanol–water partition coefficient (Wildman–Crippen LogP) is 7.49. The number of benzene rings is 1. The van der Waals surface area contributed by atoms with Crippen LogP contribution in [-0.4, -0.2) is 73.3 Å². The molecule has 0 fully saturated rings. The zero-order valence-electron chi connectivity index (χ0n) is 21.5. The average Bonchev–Trinajstić information content (AvgIpc) is 2.78. The van der Waals surface area contributed by atoms with Crippen LogP contribution in [0.25, 0.3) is 0 Å². The molecule has 0 saturated heterocycles. The topological polar surface area (TPSA) is 78.4 Å².